The highest BCUT2D eigenvalue weighted by Crippen LogP contribution is 2.27. The van der Waals surface area contributed by atoms with Crippen LogP contribution in [0.1, 0.15) is 12.6 Å². The van der Waals surface area contributed by atoms with Crippen molar-refractivity contribution in [2.75, 3.05) is 18.2 Å². The number of halogens is 3. The van der Waals surface area contributed by atoms with Crippen LogP contribution >= 0.6 is 11.8 Å². The molecule has 0 amide bonds. The predicted molar refractivity (Wildman–Crippen MR) is 64.5 cm³/mol. The molecule has 0 saturated carbocycles. The lowest BCUT2D eigenvalue weighted by molar-refractivity contribution is -0.141. The Bertz CT molecular complexity index is 368. The van der Waals surface area contributed by atoms with Crippen molar-refractivity contribution >= 4 is 17.6 Å². The molecule has 0 aromatic carbocycles. The van der Waals surface area contributed by atoms with Gasteiger partial charge in [0, 0.05) is 11.3 Å². The van der Waals surface area contributed by atoms with Gasteiger partial charge < -0.3 is 10.4 Å². The molecule has 1 aromatic rings. The number of aliphatic hydroxyl groups is 1. The smallest absolute Gasteiger partial charge is 0.395 e. The molecule has 0 bridgehead atoms. The van der Waals surface area contributed by atoms with E-state index in [-0.39, 0.29) is 23.7 Å². The maximum atomic E-state index is 12.3. The zero-order valence-electron chi connectivity index (χ0n) is 9.90. The molecule has 1 rings (SSSR count). The Hall–Kier alpha value is -1.02. The lowest BCUT2D eigenvalue weighted by Gasteiger charge is -2.21. The molecule has 0 unspecified atom stereocenters. The lowest BCUT2D eigenvalue weighted by Crippen LogP contribution is -2.31. The SMILES string of the molecule is CS[C@@H](CO)[C@@H](C)Nc1ccc(C(F)(F)F)nn1. The van der Waals surface area contributed by atoms with E-state index in [1.54, 1.807) is 0 Å². The zero-order valence-corrected chi connectivity index (χ0v) is 10.7. The van der Waals surface area contributed by atoms with E-state index in [0.717, 1.165) is 6.07 Å². The second-order valence-corrected chi connectivity index (χ2v) is 4.77. The molecule has 2 atom stereocenters. The molecule has 0 saturated heterocycles. The van der Waals surface area contributed by atoms with Crippen molar-refractivity contribution < 1.29 is 18.3 Å². The molecule has 1 aromatic heterocycles. The Morgan fingerprint density at radius 1 is 1.39 bits per heavy atom. The predicted octanol–water partition coefficient (Wildman–Crippen LogP) is 2.02. The van der Waals surface area contributed by atoms with Gasteiger partial charge in [-0.05, 0) is 25.3 Å². The van der Waals surface area contributed by atoms with E-state index in [0.29, 0.717) is 0 Å². The quantitative estimate of drug-likeness (QED) is 0.864. The Kier molecular flexibility index (Phi) is 5.21. The molecule has 1 heterocycles. The monoisotopic (exact) mass is 281 g/mol. The number of rotatable bonds is 5. The summed E-state index contributed by atoms with van der Waals surface area (Å²) in [6, 6.07) is 1.96. The van der Waals surface area contributed by atoms with Crippen LogP contribution in [0.5, 0.6) is 0 Å². The van der Waals surface area contributed by atoms with Gasteiger partial charge in [0.1, 0.15) is 5.82 Å². The summed E-state index contributed by atoms with van der Waals surface area (Å²) in [7, 11) is 0. The third-order valence-electron chi connectivity index (χ3n) is 2.37. The van der Waals surface area contributed by atoms with Gasteiger partial charge in [0.15, 0.2) is 5.69 Å². The molecule has 2 N–H and O–H groups in total. The minimum Gasteiger partial charge on any atom is -0.395 e. The van der Waals surface area contributed by atoms with Gasteiger partial charge in [0.2, 0.25) is 0 Å². The van der Waals surface area contributed by atoms with E-state index >= 15 is 0 Å². The van der Waals surface area contributed by atoms with E-state index in [4.69, 9.17) is 5.11 Å². The third kappa shape index (κ3) is 4.02. The fourth-order valence-electron chi connectivity index (χ4n) is 1.32. The minimum absolute atomic E-state index is 0.0244. The van der Waals surface area contributed by atoms with E-state index in [1.165, 1.54) is 17.8 Å². The second kappa shape index (κ2) is 6.24. The van der Waals surface area contributed by atoms with Crippen LogP contribution in [0.25, 0.3) is 0 Å². The van der Waals surface area contributed by atoms with Gasteiger partial charge >= 0.3 is 6.18 Å². The molecule has 4 nitrogen and oxygen atoms in total. The third-order valence-corrected chi connectivity index (χ3v) is 3.53. The van der Waals surface area contributed by atoms with Crippen molar-refractivity contribution in [2.45, 2.75) is 24.4 Å². The van der Waals surface area contributed by atoms with Crippen molar-refractivity contribution in [3.05, 3.63) is 17.8 Å². The van der Waals surface area contributed by atoms with Crippen LogP contribution in [-0.4, -0.2) is 39.5 Å². The van der Waals surface area contributed by atoms with E-state index in [9.17, 15) is 13.2 Å². The Morgan fingerprint density at radius 2 is 2.06 bits per heavy atom. The molecule has 0 aliphatic carbocycles. The number of hydrogen-bond donors (Lipinski definition) is 2. The fourth-order valence-corrected chi connectivity index (χ4v) is 1.95. The summed E-state index contributed by atoms with van der Waals surface area (Å²) in [5, 5.41) is 18.5. The largest absolute Gasteiger partial charge is 0.435 e. The van der Waals surface area contributed by atoms with Crippen LogP contribution < -0.4 is 5.32 Å². The molecule has 0 radical (unpaired) electrons. The molecule has 102 valence electrons. The molecule has 0 spiro atoms. The van der Waals surface area contributed by atoms with Crippen LogP contribution in [0.15, 0.2) is 12.1 Å². The molecule has 0 aliphatic heterocycles. The summed E-state index contributed by atoms with van der Waals surface area (Å²) in [5.41, 5.74) is -1.02. The number of alkyl halides is 3. The molecule has 8 heteroatoms. The highest BCUT2D eigenvalue weighted by atomic mass is 32.2. The van der Waals surface area contributed by atoms with E-state index in [1.807, 2.05) is 13.2 Å². The normalized spacial score (nSPS) is 15.2. The molecule has 0 aliphatic rings. The van der Waals surface area contributed by atoms with Crippen molar-refractivity contribution in [3.8, 4) is 0 Å². The number of nitrogens with one attached hydrogen (secondary N) is 1. The number of anilines is 1. The van der Waals surface area contributed by atoms with Gasteiger partial charge in [-0.2, -0.15) is 24.9 Å². The summed E-state index contributed by atoms with van der Waals surface area (Å²) < 4.78 is 36.8. The average Bonchev–Trinajstić information content (AvgIpc) is 2.30. The number of nitrogens with zero attached hydrogens (tertiary/aromatic N) is 2. The summed E-state index contributed by atoms with van der Waals surface area (Å²) in [5.74, 6) is 0.253. The second-order valence-electron chi connectivity index (χ2n) is 3.69. The van der Waals surface area contributed by atoms with Gasteiger partial charge in [0.05, 0.1) is 6.61 Å². The van der Waals surface area contributed by atoms with Crippen LogP contribution in [0.2, 0.25) is 0 Å². The highest BCUT2D eigenvalue weighted by molar-refractivity contribution is 7.99. The van der Waals surface area contributed by atoms with Gasteiger partial charge in [-0.25, -0.2) is 0 Å². The van der Waals surface area contributed by atoms with Crippen molar-refractivity contribution in [1.82, 2.24) is 10.2 Å². The van der Waals surface area contributed by atoms with Gasteiger partial charge in [0.25, 0.3) is 0 Å². The Balaban J connectivity index is 2.69. The van der Waals surface area contributed by atoms with E-state index < -0.39 is 11.9 Å². The number of aromatic nitrogens is 2. The maximum absolute atomic E-state index is 12.3. The van der Waals surface area contributed by atoms with Crippen molar-refractivity contribution in [3.63, 3.8) is 0 Å². The number of thioether (sulfide) groups is 1. The van der Waals surface area contributed by atoms with Gasteiger partial charge in [-0.3, -0.25) is 0 Å². The summed E-state index contributed by atoms with van der Waals surface area (Å²) in [6.07, 6.45) is -2.64. The number of aliphatic hydroxyl groups excluding tert-OH is 1. The highest BCUT2D eigenvalue weighted by Gasteiger charge is 2.32. The lowest BCUT2D eigenvalue weighted by atomic mass is 10.2. The summed E-state index contributed by atoms with van der Waals surface area (Å²) >= 11 is 1.46. The van der Waals surface area contributed by atoms with Crippen molar-refractivity contribution in [2.24, 2.45) is 0 Å². The first kappa shape index (κ1) is 15.0. The summed E-state index contributed by atoms with van der Waals surface area (Å²) in [4.78, 5) is 0. The first-order chi connectivity index (χ1) is 8.38. The first-order valence-electron chi connectivity index (χ1n) is 5.19. The number of hydrogen-bond acceptors (Lipinski definition) is 5. The topological polar surface area (TPSA) is 58.0 Å². The average molecular weight is 281 g/mol. The molecular weight excluding hydrogens is 267 g/mol. The maximum Gasteiger partial charge on any atom is 0.435 e. The Labute approximate surface area is 107 Å². The van der Waals surface area contributed by atoms with Crippen molar-refractivity contribution in [1.29, 1.82) is 0 Å². The van der Waals surface area contributed by atoms with Crippen LogP contribution in [0, 0.1) is 0 Å². The first-order valence-corrected chi connectivity index (χ1v) is 6.48. The van der Waals surface area contributed by atoms with Crippen LogP contribution in [0.3, 0.4) is 0 Å². The van der Waals surface area contributed by atoms with Gasteiger partial charge in [-0.1, -0.05) is 0 Å². The van der Waals surface area contributed by atoms with Crippen LogP contribution in [-0.2, 0) is 6.18 Å². The molecule has 0 fully saturated rings. The Morgan fingerprint density at radius 3 is 2.44 bits per heavy atom. The minimum atomic E-state index is -4.48. The van der Waals surface area contributed by atoms with Crippen LogP contribution in [0.4, 0.5) is 19.0 Å². The fraction of sp³-hybridized carbons (Fsp3) is 0.600. The molecular formula is C10H14F3N3OS. The standard InChI is InChI=1S/C10H14F3N3OS/c1-6(7(5-17)18-2)14-9-4-3-8(15-16-9)10(11,12)13/h3-4,6-7,17H,5H2,1-2H3,(H,14,16)/t6-,7+/m1/s1. The van der Waals surface area contributed by atoms with Gasteiger partial charge in [-0.15, -0.1) is 10.2 Å². The van der Waals surface area contributed by atoms with E-state index in [2.05, 4.69) is 15.5 Å². The molecule has 18 heavy (non-hydrogen) atoms. The zero-order chi connectivity index (χ0) is 13.8. The summed E-state index contributed by atoms with van der Waals surface area (Å²) in [6.45, 7) is 1.79.